The monoisotopic (exact) mass is 525 g/mol. The van der Waals surface area contributed by atoms with E-state index in [1.165, 1.54) is 24.3 Å². The molecule has 0 saturated carbocycles. The zero-order chi connectivity index (χ0) is 21.2. The van der Waals surface area contributed by atoms with Crippen LogP contribution in [0.4, 0.5) is 28.9 Å². The molecule has 0 amide bonds. The Bertz CT molecular complexity index is 862. The molecule has 154 valence electrons. The van der Waals surface area contributed by atoms with Gasteiger partial charge in [-0.1, -0.05) is 0 Å². The van der Waals surface area contributed by atoms with Crippen molar-refractivity contribution in [2.75, 3.05) is 17.2 Å². The second kappa shape index (κ2) is 8.11. The second-order valence-corrected chi connectivity index (χ2v) is 29.1. The van der Waals surface area contributed by atoms with Crippen molar-refractivity contribution in [1.82, 2.24) is 0 Å². The van der Waals surface area contributed by atoms with E-state index in [0.29, 0.717) is 11.5 Å². The molecule has 2 aromatic carbocycles. The van der Waals surface area contributed by atoms with Crippen LogP contribution < -0.4 is 10.6 Å². The van der Waals surface area contributed by atoms with E-state index in [1.807, 2.05) is 0 Å². The number of amidine groups is 1. The maximum atomic E-state index is 13.1. The zero-order valence-electron chi connectivity index (χ0n) is 16.0. The van der Waals surface area contributed by atoms with Crippen LogP contribution in [0.5, 0.6) is 0 Å². The van der Waals surface area contributed by atoms with E-state index in [0.717, 1.165) is 6.07 Å². The number of rotatable bonds is 5. The average molecular weight is 527 g/mol. The Morgan fingerprint density at radius 2 is 1.57 bits per heavy atom. The molecule has 0 heterocycles. The van der Waals surface area contributed by atoms with E-state index in [9.17, 15) is 17.6 Å². The molecule has 3 nitrogen and oxygen atoms in total. The van der Waals surface area contributed by atoms with Crippen LogP contribution in [-0.4, -0.2) is 30.1 Å². The van der Waals surface area contributed by atoms with Gasteiger partial charge in [0.15, 0.2) is 0 Å². The van der Waals surface area contributed by atoms with Crippen LogP contribution in [0.1, 0.15) is 5.56 Å². The molecule has 0 atom stereocenters. The zero-order valence-corrected chi connectivity index (χ0v) is 19.3. The Kier molecular flexibility index (Phi) is 6.61. The van der Waals surface area contributed by atoms with Gasteiger partial charge in [-0.25, -0.2) is 0 Å². The number of hydrogen-bond donors (Lipinski definition) is 2. The topological polar surface area (TPSA) is 36.4 Å². The molecule has 0 spiro atoms. The number of anilines is 2. The van der Waals surface area contributed by atoms with Gasteiger partial charge in [-0.15, -0.1) is 0 Å². The summed E-state index contributed by atoms with van der Waals surface area (Å²) in [5.41, 5.74) is 0.0240. The summed E-state index contributed by atoms with van der Waals surface area (Å²) in [6, 6.07) is 9.46. The predicted molar refractivity (Wildman–Crippen MR) is 112 cm³/mol. The van der Waals surface area contributed by atoms with Gasteiger partial charge in [0.2, 0.25) is 0 Å². The standard InChI is InChI=1S/C15H11ClF4N3.4CH3.Sb/c16-13-6-5-11(7-12(13)15(18,19)20)22-8-14(21)23-10-3-1-9(17)2-4-10;;;;;/h1-7,22H,8H2,(H-,21,23);4*1H3;/q-1;;;;;+1. The fraction of sp³-hybridized carbons (Fsp3) is 0.316. The van der Waals surface area contributed by atoms with Crippen molar-refractivity contribution in [3.8, 4) is 0 Å². The van der Waals surface area contributed by atoms with Gasteiger partial charge in [0.25, 0.3) is 0 Å². The van der Waals surface area contributed by atoms with Crippen LogP contribution >= 0.6 is 11.6 Å². The molecule has 0 bridgehead atoms. The Balaban J connectivity index is 2.25. The van der Waals surface area contributed by atoms with E-state index in [-0.39, 0.29) is 23.1 Å². The third-order valence-corrected chi connectivity index (χ3v) is 6.69. The third-order valence-electron chi connectivity index (χ3n) is 3.39. The molecule has 0 aliphatic heterocycles. The molecule has 28 heavy (non-hydrogen) atoms. The summed E-state index contributed by atoms with van der Waals surface area (Å²) >= 11 is 2.52. The van der Waals surface area contributed by atoms with E-state index in [1.54, 1.807) is 12.1 Å². The first kappa shape index (κ1) is 22.8. The number of nitrogens with zero attached hydrogens (tertiary/aromatic N) is 1. The summed E-state index contributed by atoms with van der Waals surface area (Å²) < 4.78 is 57.1. The molecule has 2 N–H and O–H groups in total. The van der Waals surface area contributed by atoms with E-state index in [2.05, 4.69) is 30.1 Å². The predicted octanol–water partition coefficient (Wildman–Crippen LogP) is 6.84. The van der Waals surface area contributed by atoms with Gasteiger partial charge in [-0.2, -0.15) is 0 Å². The van der Waals surface area contributed by atoms with Gasteiger partial charge in [0.1, 0.15) is 0 Å². The molecule has 0 aromatic heterocycles. The van der Waals surface area contributed by atoms with Crippen molar-refractivity contribution in [2.45, 2.75) is 25.7 Å². The van der Waals surface area contributed by atoms with E-state index >= 15 is 0 Å². The van der Waals surface area contributed by atoms with Gasteiger partial charge in [-0.05, 0) is 0 Å². The molecular weight excluding hydrogens is 503 g/mol. The average Bonchev–Trinajstić information content (AvgIpc) is 2.53. The minimum atomic E-state index is -4.53. The Morgan fingerprint density at radius 3 is 2.11 bits per heavy atom. The molecule has 2 rings (SSSR count). The van der Waals surface area contributed by atoms with Crippen LogP contribution in [0.2, 0.25) is 24.5 Å². The van der Waals surface area contributed by atoms with Crippen LogP contribution in [0.3, 0.4) is 0 Å². The van der Waals surface area contributed by atoms with E-state index in [4.69, 9.17) is 14.8 Å². The molecule has 0 aliphatic carbocycles. The fourth-order valence-electron chi connectivity index (χ4n) is 2.33. The van der Waals surface area contributed by atoms with E-state index < -0.39 is 29.4 Å². The van der Waals surface area contributed by atoms with Crippen LogP contribution in [-0.2, 0) is 6.18 Å². The van der Waals surface area contributed by atoms with Crippen molar-refractivity contribution >= 4 is 46.5 Å². The summed E-state index contributed by atoms with van der Waals surface area (Å²) in [5, 5.41) is 5.75. The minimum absolute atomic E-state index is 0.182. The van der Waals surface area contributed by atoms with Gasteiger partial charge in [0, 0.05) is 0 Å². The summed E-state index contributed by atoms with van der Waals surface area (Å²) in [5.74, 6) is 0.219. The molecule has 0 saturated heterocycles. The first-order chi connectivity index (χ1) is 12.7. The second-order valence-electron chi connectivity index (χ2n) is 8.21. The van der Waals surface area contributed by atoms with Gasteiger partial charge >= 0.3 is 169 Å². The molecule has 0 radical (unpaired) electrons. The summed E-state index contributed by atoms with van der Waals surface area (Å²) in [6.45, 7) is 0.182. The number of hydrogen-bond acceptors (Lipinski definition) is 2. The molecule has 9 heteroatoms. The molecular formula is C19H23ClF4N3Sb. The first-order valence-electron chi connectivity index (χ1n) is 8.42. The molecule has 0 fully saturated rings. The van der Waals surface area contributed by atoms with Crippen molar-refractivity contribution in [2.24, 2.45) is 3.15 Å². The van der Waals surface area contributed by atoms with Crippen molar-refractivity contribution in [3.05, 3.63) is 58.9 Å². The number of nitrogens with one attached hydrogen (secondary N) is 2. The number of alkyl halides is 3. The molecule has 2 aromatic rings. The van der Waals surface area contributed by atoms with Crippen LogP contribution in [0.15, 0.2) is 45.6 Å². The quantitative estimate of drug-likeness (QED) is 0.194. The van der Waals surface area contributed by atoms with Crippen molar-refractivity contribution in [1.29, 1.82) is 0 Å². The third kappa shape index (κ3) is 7.51. The van der Waals surface area contributed by atoms with Crippen LogP contribution in [0, 0.1) is 5.82 Å². The Hall–Kier alpha value is -1.46. The van der Waals surface area contributed by atoms with Crippen molar-refractivity contribution in [3.63, 3.8) is 0 Å². The van der Waals surface area contributed by atoms with Gasteiger partial charge in [-0.3, -0.25) is 0 Å². The molecule has 0 aliphatic rings. The van der Waals surface area contributed by atoms with Gasteiger partial charge in [0.05, 0.1) is 0 Å². The Morgan fingerprint density at radius 1 is 1.00 bits per heavy atom. The SMILES string of the molecule is [CH3][Sb]([CH3])([CH3])([CH3])/[N]=C(\CNc1ccc(Cl)c(C(F)(F)F)c1)Nc1ccc(F)cc1. The normalized spacial score (nSPS) is 14.3. The van der Waals surface area contributed by atoms with Crippen molar-refractivity contribution < 1.29 is 17.6 Å². The number of halogens is 5. The van der Waals surface area contributed by atoms with Gasteiger partial charge < -0.3 is 0 Å². The van der Waals surface area contributed by atoms with Crippen LogP contribution in [0.25, 0.3) is 0 Å². The maximum absolute atomic E-state index is 13.1. The summed E-state index contributed by atoms with van der Waals surface area (Å²) in [6.07, 6.45) is -4.53. The Labute approximate surface area is 168 Å². The fourth-order valence-corrected chi connectivity index (χ4v) is 5.65. The summed E-state index contributed by atoms with van der Waals surface area (Å²) in [7, 11) is 0. The summed E-state index contributed by atoms with van der Waals surface area (Å²) in [4.78, 5) is 8.46. The molecule has 0 unspecified atom stereocenters. The first-order valence-corrected chi connectivity index (χ1v) is 20.2. The number of benzene rings is 2.